The topological polar surface area (TPSA) is 193 Å². The highest BCUT2D eigenvalue weighted by Crippen LogP contribution is 2.35. The quantitative estimate of drug-likeness (QED) is 0.0887. The second-order valence-corrected chi connectivity index (χ2v) is 21.0. The molecule has 6 atom stereocenters. The van der Waals surface area contributed by atoms with Crippen molar-refractivity contribution in [1.29, 1.82) is 0 Å². The van der Waals surface area contributed by atoms with Gasteiger partial charge in [-0.25, -0.2) is 15.0 Å². The predicted molar refractivity (Wildman–Crippen MR) is 263 cm³/mol. The smallest absolute Gasteiger partial charge is 0.243 e. The van der Waals surface area contributed by atoms with Crippen LogP contribution < -0.4 is 15.4 Å². The lowest BCUT2D eigenvalue weighted by Gasteiger charge is -2.29. The van der Waals surface area contributed by atoms with Crippen LogP contribution in [0.5, 0.6) is 5.88 Å². The van der Waals surface area contributed by atoms with Crippen molar-refractivity contribution in [3.05, 3.63) is 116 Å². The van der Waals surface area contributed by atoms with E-state index in [1.807, 2.05) is 113 Å². The first-order valence-electron chi connectivity index (χ1n) is 22.9. The average molecular weight is 976 g/mol. The number of hydrogen-bond acceptors (Lipinski definition) is 14. The van der Waals surface area contributed by atoms with E-state index in [0.29, 0.717) is 11.4 Å². The van der Waals surface area contributed by atoms with E-state index in [0.717, 1.165) is 48.4 Å². The molecule has 0 saturated carbocycles. The summed E-state index contributed by atoms with van der Waals surface area (Å²) in [5.74, 6) is -2.61. The molecule has 8 rings (SSSR count). The van der Waals surface area contributed by atoms with Crippen LogP contribution in [0.4, 0.5) is 0 Å². The highest BCUT2D eigenvalue weighted by atomic mass is 32.1. The van der Waals surface area contributed by atoms with Crippen molar-refractivity contribution in [2.75, 3.05) is 13.1 Å². The Kier molecular flexibility index (Phi) is 15.1. The molecule has 3 N–H and O–H groups in total. The van der Waals surface area contributed by atoms with Gasteiger partial charge in [-0.15, -0.1) is 39.1 Å². The number of rotatable bonds is 16. The van der Waals surface area contributed by atoms with Crippen LogP contribution in [0.25, 0.3) is 20.9 Å². The Morgan fingerprint density at radius 2 is 1.19 bits per heavy atom. The minimum absolute atomic E-state index is 0.0164. The fourth-order valence-corrected chi connectivity index (χ4v) is 11.4. The van der Waals surface area contributed by atoms with Crippen LogP contribution in [0.1, 0.15) is 91.3 Å². The zero-order valence-corrected chi connectivity index (χ0v) is 41.7. The molecule has 4 amide bonds. The second-order valence-electron chi connectivity index (χ2n) is 18.3. The summed E-state index contributed by atoms with van der Waals surface area (Å²) in [7, 11) is 0. The molecule has 2 aromatic carbocycles. The van der Waals surface area contributed by atoms with E-state index < -0.39 is 36.1 Å². The number of carbonyl (C=O) groups is 4. The van der Waals surface area contributed by atoms with Crippen molar-refractivity contribution in [2.24, 2.45) is 11.8 Å². The van der Waals surface area contributed by atoms with E-state index in [-0.39, 0.29) is 80.4 Å². The summed E-state index contributed by atoms with van der Waals surface area (Å²) in [4.78, 5) is 75.2. The van der Waals surface area contributed by atoms with Gasteiger partial charge < -0.3 is 30.3 Å². The molecule has 15 nitrogen and oxygen atoms in total. The first-order valence-corrected chi connectivity index (χ1v) is 25.5. The van der Waals surface area contributed by atoms with Crippen LogP contribution in [0.15, 0.2) is 77.1 Å². The molecule has 18 heteroatoms. The summed E-state index contributed by atoms with van der Waals surface area (Å²) in [5.41, 5.74) is 10.6. The number of nitrogens with zero attached hydrogens (tertiary/aromatic N) is 7. The van der Waals surface area contributed by atoms with Crippen LogP contribution >= 0.6 is 34.0 Å². The summed E-state index contributed by atoms with van der Waals surface area (Å²) in [5, 5.41) is 28.4. The summed E-state index contributed by atoms with van der Waals surface area (Å²) < 4.78 is 6.37. The molecule has 0 spiro atoms. The number of aromatic nitrogens is 5. The Labute approximate surface area is 408 Å². The SMILES string of the molecule is Cc1nc([C@H](C(=O)N2C[C@H](Oc3ccc([C@H](C(=O)N4C[C@H](O)C[C@H]4C(=O)NCc4ccc(-c5scnc5C)cc4)C(C)C)nn3)C[C@H]2C(=O)NCc2ccc(-c3scnc3C)cc2)C(C)C)cs1. The van der Waals surface area contributed by atoms with E-state index in [2.05, 4.69) is 35.8 Å². The molecular formula is C50H57N9O6S3. The third-order valence-corrected chi connectivity index (χ3v) is 15.4. The van der Waals surface area contributed by atoms with Gasteiger partial charge in [0.25, 0.3) is 0 Å². The third-order valence-electron chi connectivity index (χ3n) is 12.7. The lowest BCUT2D eigenvalue weighted by molar-refractivity contribution is -0.140. The minimum Gasteiger partial charge on any atom is -0.471 e. The fourth-order valence-electron chi connectivity index (χ4n) is 9.12. The first kappa shape index (κ1) is 48.5. The molecule has 0 aliphatic carbocycles. The molecule has 4 aromatic heterocycles. The lowest BCUT2D eigenvalue weighted by atomic mass is 9.90. The number of aryl methyl sites for hydroxylation is 3. The number of nitrogens with one attached hydrogen (secondary N) is 2. The van der Waals surface area contributed by atoms with Gasteiger partial charge in [0, 0.05) is 43.9 Å². The minimum atomic E-state index is -0.861. The summed E-state index contributed by atoms with van der Waals surface area (Å²) in [6.45, 7) is 14.3. The van der Waals surface area contributed by atoms with Gasteiger partial charge in [0.1, 0.15) is 18.2 Å². The van der Waals surface area contributed by atoms with Crippen LogP contribution in [0.3, 0.4) is 0 Å². The molecule has 0 bridgehead atoms. The van der Waals surface area contributed by atoms with Gasteiger partial charge in [-0.1, -0.05) is 76.2 Å². The summed E-state index contributed by atoms with van der Waals surface area (Å²) in [6, 6.07) is 17.6. The monoisotopic (exact) mass is 975 g/mol. The molecule has 6 aromatic rings. The second kappa shape index (κ2) is 21.1. The zero-order valence-electron chi connectivity index (χ0n) is 39.2. The van der Waals surface area contributed by atoms with E-state index >= 15 is 0 Å². The number of aliphatic hydroxyl groups is 1. The maximum absolute atomic E-state index is 14.5. The number of hydrogen-bond donors (Lipinski definition) is 3. The van der Waals surface area contributed by atoms with Crippen molar-refractivity contribution in [3.63, 3.8) is 0 Å². The normalized spacial score (nSPS) is 19.1. The van der Waals surface area contributed by atoms with E-state index in [4.69, 9.17) is 4.74 Å². The van der Waals surface area contributed by atoms with Crippen molar-refractivity contribution in [3.8, 4) is 26.8 Å². The van der Waals surface area contributed by atoms with Gasteiger partial charge >= 0.3 is 0 Å². The number of benzene rings is 2. The number of thiazole rings is 3. The lowest BCUT2D eigenvalue weighted by Crippen LogP contribution is -2.48. The standard InChI is InChI=1S/C50H57N9O6S3/c1-27(2)43(49(63)58-22-36(60)18-40(58)47(61)51-20-32-8-12-34(13-9-32)45-29(5)53-25-67-45)38-16-17-42(57-56-38)65-37-19-41(59(23-37)50(64)44(28(3)4)39-24-66-31(7)55-39)48(62)52-21-33-10-14-35(15-11-33)46-30(6)54-26-68-46/h8-17,24-28,36-37,40-41,43-44,60H,18-23H2,1-7H3,(H,51,61)(H,52,62)/t36-,37-,40+,41+,43-,44-/m1/s1. The van der Waals surface area contributed by atoms with Gasteiger partial charge in [-0.2, -0.15) is 5.10 Å². The molecule has 0 radical (unpaired) electrons. The van der Waals surface area contributed by atoms with E-state index in [1.165, 1.54) is 16.2 Å². The van der Waals surface area contributed by atoms with Gasteiger partial charge in [-0.3, -0.25) is 19.2 Å². The third kappa shape index (κ3) is 10.8. The van der Waals surface area contributed by atoms with Crippen LogP contribution in [0.2, 0.25) is 0 Å². The Morgan fingerprint density at radius 1 is 0.676 bits per heavy atom. The van der Waals surface area contributed by atoms with E-state index in [1.54, 1.807) is 39.7 Å². The Morgan fingerprint density at radius 3 is 1.65 bits per heavy atom. The van der Waals surface area contributed by atoms with Crippen LogP contribution in [-0.4, -0.2) is 101 Å². The van der Waals surface area contributed by atoms with Crippen molar-refractivity contribution in [2.45, 2.75) is 111 Å². The largest absolute Gasteiger partial charge is 0.471 e. The van der Waals surface area contributed by atoms with Gasteiger partial charge in [0.05, 0.1) is 73.0 Å². The average Bonchev–Trinajstić information content (AvgIpc) is 4.18. The molecule has 6 heterocycles. The molecule has 2 aliphatic rings. The fraction of sp³-hybridized carbons (Fsp3) is 0.420. The van der Waals surface area contributed by atoms with Gasteiger partial charge in [0.2, 0.25) is 29.5 Å². The zero-order chi connectivity index (χ0) is 48.2. The van der Waals surface area contributed by atoms with E-state index in [9.17, 15) is 24.3 Å². The number of β-amino-alcohol motifs (C(OH)–C–C–N with tert-alkyl or cyclic N) is 1. The maximum Gasteiger partial charge on any atom is 0.243 e. The molecule has 2 aliphatic heterocycles. The number of amides is 4. The van der Waals surface area contributed by atoms with Crippen LogP contribution in [0, 0.1) is 32.6 Å². The Hall–Kier alpha value is -5.95. The summed E-state index contributed by atoms with van der Waals surface area (Å²) in [6.07, 6.45) is -1.11. The van der Waals surface area contributed by atoms with Crippen molar-refractivity contribution < 1.29 is 29.0 Å². The predicted octanol–water partition coefficient (Wildman–Crippen LogP) is 7.23. The molecule has 2 fully saturated rings. The number of carbonyl (C=O) groups excluding carboxylic acids is 4. The Balaban J connectivity index is 0.934. The van der Waals surface area contributed by atoms with Gasteiger partial charge in [0.15, 0.2) is 0 Å². The number of ether oxygens (including phenoxy) is 1. The summed E-state index contributed by atoms with van der Waals surface area (Å²) >= 11 is 4.64. The molecular weight excluding hydrogens is 919 g/mol. The first-order chi connectivity index (χ1) is 32.6. The molecule has 356 valence electrons. The number of aliphatic hydroxyl groups excluding tert-OH is 1. The maximum atomic E-state index is 14.5. The van der Waals surface area contributed by atoms with Crippen molar-refractivity contribution in [1.82, 2.24) is 45.6 Å². The Bertz CT molecular complexity index is 2720. The molecule has 2 saturated heterocycles. The van der Waals surface area contributed by atoms with Crippen molar-refractivity contribution >= 4 is 57.6 Å². The highest BCUT2D eigenvalue weighted by Gasteiger charge is 2.45. The molecule has 68 heavy (non-hydrogen) atoms. The number of likely N-dealkylation sites (tertiary alicyclic amines) is 2. The highest BCUT2D eigenvalue weighted by molar-refractivity contribution is 7.13. The van der Waals surface area contributed by atoms with Crippen LogP contribution in [-0.2, 0) is 32.3 Å². The van der Waals surface area contributed by atoms with Gasteiger partial charge in [-0.05, 0) is 60.9 Å². The molecule has 0 unspecified atom stereocenters.